The van der Waals surface area contributed by atoms with Crippen molar-refractivity contribution in [1.82, 2.24) is 15.1 Å². The summed E-state index contributed by atoms with van der Waals surface area (Å²) in [6.45, 7) is 11.4. The van der Waals surface area contributed by atoms with E-state index >= 15 is 0 Å². The van der Waals surface area contributed by atoms with Gasteiger partial charge in [0.05, 0.1) is 11.8 Å². The molecular weight excluding hydrogens is 238 g/mol. The summed E-state index contributed by atoms with van der Waals surface area (Å²) in [5.74, 6) is 0.478. The number of nitrogens with zero attached hydrogens (tertiary/aromatic N) is 2. The first-order valence-electron chi connectivity index (χ1n) is 7.28. The van der Waals surface area contributed by atoms with Crippen molar-refractivity contribution in [3.8, 4) is 0 Å². The third kappa shape index (κ3) is 4.32. The Balaban J connectivity index is 2.68. The summed E-state index contributed by atoms with van der Waals surface area (Å²) in [4.78, 5) is 0. The average molecular weight is 267 g/mol. The molecule has 4 nitrogen and oxygen atoms in total. The Morgan fingerprint density at radius 3 is 2.37 bits per heavy atom. The number of hydrogen-bond acceptors (Lipinski definition) is 3. The van der Waals surface area contributed by atoms with E-state index in [0.29, 0.717) is 12.0 Å². The van der Waals surface area contributed by atoms with Crippen LogP contribution < -0.4 is 5.32 Å². The van der Waals surface area contributed by atoms with Gasteiger partial charge in [-0.2, -0.15) is 5.10 Å². The molecule has 0 fully saturated rings. The maximum absolute atomic E-state index is 9.41. The molecule has 0 spiro atoms. The number of aromatic nitrogens is 2. The maximum atomic E-state index is 9.41. The molecule has 1 aromatic heterocycles. The highest BCUT2D eigenvalue weighted by Gasteiger charge is 2.19. The van der Waals surface area contributed by atoms with Crippen molar-refractivity contribution >= 4 is 0 Å². The van der Waals surface area contributed by atoms with Crippen LogP contribution in [0, 0.1) is 19.8 Å². The van der Waals surface area contributed by atoms with Crippen LogP contribution in [0.1, 0.15) is 56.6 Å². The molecule has 0 aliphatic heterocycles. The second-order valence-electron chi connectivity index (χ2n) is 5.77. The van der Waals surface area contributed by atoms with E-state index in [1.165, 1.54) is 11.3 Å². The largest absolute Gasteiger partial charge is 0.393 e. The van der Waals surface area contributed by atoms with Crippen molar-refractivity contribution in [3.05, 3.63) is 17.0 Å². The molecule has 0 saturated heterocycles. The lowest BCUT2D eigenvalue weighted by Gasteiger charge is -2.21. The van der Waals surface area contributed by atoms with Gasteiger partial charge in [-0.05, 0) is 46.1 Å². The Morgan fingerprint density at radius 1 is 1.32 bits per heavy atom. The first kappa shape index (κ1) is 16.2. The van der Waals surface area contributed by atoms with Gasteiger partial charge in [0.2, 0.25) is 0 Å². The van der Waals surface area contributed by atoms with Gasteiger partial charge in [-0.1, -0.05) is 13.8 Å². The Hall–Kier alpha value is -0.870. The standard InChI is InChI=1S/C15H29N3O/c1-7-14(16-9-10(2)8-11(3)19)15-12(4)17-18(6)13(15)5/h10-11,14,16,19H,7-9H2,1-6H3. The van der Waals surface area contributed by atoms with Crippen molar-refractivity contribution in [2.75, 3.05) is 6.54 Å². The fraction of sp³-hybridized carbons (Fsp3) is 0.800. The molecule has 0 radical (unpaired) electrons. The molecule has 1 aromatic rings. The fourth-order valence-electron chi connectivity index (χ4n) is 2.75. The van der Waals surface area contributed by atoms with Gasteiger partial charge in [-0.25, -0.2) is 0 Å². The van der Waals surface area contributed by atoms with Gasteiger partial charge >= 0.3 is 0 Å². The van der Waals surface area contributed by atoms with Crippen LogP contribution in [0.2, 0.25) is 0 Å². The van der Waals surface area contributed by atoms with Crippen LogP contribution in [-0.2, 0) is 7.05 Å². The molecule has 1 heterocycles. The van der Waals surface area contributed by atoms with E-state index in [2.05, 4.69) is 38.1 Å². The van der Waals surface area contributed by atoms with Crippen molar-refractivity contribution in [2.45, 2.75) is 59.6 Å². The zero-order valence-corrected chi connectivity index (χ0v) is 13.2. The molecule has 110 valence electrons. The lowest BCUT2D eigenvalue weighted by molar-refractivity contribution is 0.162. The molecule has 2 N–H and O–H groups in total. The van der Waals surface area contributed by atoms with E-state index in [4.69, 9.17) is 0 Å². The predicted molar refractivity (Wildman–Crippen MR) is 79.2 cm³/mol. The number of aliphatic hydroxyl groups is 1. The number of aliphatic hydroxyl groups excluding tert-OH is 1. The third-order valence-corrected chi connectivity index (χ3v) is 3.78. The van der Waals surface area contributed by atoms with Crippen LogP contribution in [0.4, 0.5) is 0 Å². The van der Waals surface area contributed by atoms with Gasteiger partial charge < -0.3 is 10.4 Å². The zero-order chi connectivity index (χ0) is 14.6. The van der Waals surface area contributed by atoms with E-state index in [-0.39, 0.29) is 6.10 Å². The van der Waals surface area contributed by atoms with E-state index < -0.39 is 0 Å². The molecule has 19 heavy (non-hydrogen) atoms. The van der Waals surface area contributed by atoms with Crippen LogP contribution in [-0.4, -0.2) is 27.5 Å². The molecule has 0 amide bonds. The molecule has 0 aliphatic rings. The second-order valence-corrected chi connectivity index (χ2v) is 5.77. The summed E-state index contributed by atoms with van der Waals surface area (Å²) in [6, 6.07) is 0.352. The predicted octanol–water partition coefficient (Wildman–Crippen LogP) is 2.48. The minimum absolute atomic E-state index is 0.223. The summed E-state index contributed by atoms with van der Waals surface area (Å²) in [6.07, 6.45) is 1.67. The number of rotatable bonds is 7. The van der Waals surface area contributed by atoms with E-state index in [1.54, 1.807) is 0 Å². The van der Waals surface area contributed by atoms with E-state index in [0.717, 1.165) is 25.1 Å². The van der Waals surface area contributed by atoms with Gasteiger partial charge in [-0.15, -0.1) is 0 Å². The SMILES string of the molecule is CCC(NCC(C)CC(C)O)c1c(C)nn(C)c1C. The number of hydrogen-bond donors (Lipinski definition) is 2. The third-order valence-electron chi connectivity index (χ3n) is 3.78. The van der Waals surface area contributed by atoms with Gasteiger partial charge in [0.1, 0.15) is 0 Å². The first-order valence-corrected chi connectivity index (χ1v) is 7.28. The number of nitrogens with one attached hydrogen (secondary N) is 1. The minimum Gasteiger partial charge on any atom is -0.393 e. The second kappa shape index (κ2) is 7.06. The number of aryl methyl sites for hydroxylation is 2. The topological polar surface area (TPSA) is 50.1 Å². The Labute approximate surface area is 117 Å². The molecule has 1 rings (SSSR count). The Bertz CT molecular complexity index is 398. The van der Waals surface area contributed by atoms with Crippen molar-refractivity contribution in [1.29, 1.82) is 0 Å². The highest BCUT2D eigenvalue weighted by atomic mass is 16.3. The van der Waals surface area contributed by atoms with Crippen molar-refractivity contribution in [2.24, 2.45) is 13.0 Å². The molecule has 4 heteroatoms. The summed E-state index contributed by atoms with van der Waals surface area (Å²) >= 11 is 0. The van der Waals surface area contributed by atoms with Crippen molar-refractivity contribution < 1.29 is 5.11 Å². The smallest absolute Gasteiger partial charge is 0.0644 e. The lowest BCUT2D eigenvalue weighted by Crippen LogP contribution is -2.28. The monoisotopic (exact) mass is 267 g/mol. The molecule has 3 atom stereocenters. The molecule has 0 aliphatic carbocycles. The average Bonchev–Trinajstić information content (AvgIpc) is 2.55. The van der Waals surface area contributed by atoms with Crippen LogP contribution in [0.25, 0.3) is 0 Å². The normalized spacial score (nSPS) is 16.4. The summed E-state index contributed by atoms with van der Waals surface area (Å²) in [5.41, 5.74) is 3.68. The van der Waals surface area contributed by atoms with Gasteiger partial charge in [-0.3, -0.25) is 4.68 Å². The van der Waals surface area contributed by atoms with Gasteiger partial charge in [0.15, 0.2) is 0 Å². The van der Waals surface area contributed by atoms with Crippen LogP contribution in [0.5, 0.6) is 0 Å². The molecule has 0 saturated carbocycles. The lowest BCUT2D eigenvalue weighted by atomic mass is 10.00. The Kier molecular flexibility index (Phi) is 6.01. The van der Waals surface area contributed by atoms with E-state index in [1.807, 2.05) is 18.7 Å². The zero-order valence-electron chi connectivity index (χ0n) is 13.2. The van der Waals surface area contributed by atoms with Crippen LogP contribution >= 0.6 is 0 Å². The highest BCUT2D eigenvalue weighted by Crippen LogP contribution is 2.24. The molecule has 0 bridgehead atoms. The maximum Gasteiger partial charge on any atom is 0.0644 e. The summed E-state index contributed by atoms with van der Waals surface area (Å²) in [5, 5.41) is 17.5. The summed E-state index contributed by atoms with van der Waals surface area (Å²) < 4.78 is 1.95. The van der Waals surface area contributed by atoms with E-state index in [9.17, 15) is 5.11 Å². The molecular formula is C15H29N3O. The Morgan fingerprint density at radius 2 is 1.95 bits per heavy atom. The summed E-state index contributed by atoms with van der Waals surface area (Å²) in [7, 11) is 1.99. The molecule has 3 unspecified atom stereocenters. The van der Waals surface area contributed by atoms with Crippen molar-refractivity contribution in [3.63, 3.8) is 0 Å². The minimum atomic E-state index is -0.223. The van der Waals surface area contributed by atoms with Crippen LogP contribution in [0.3, 0.4) is 0 Å². The fourth-order valence-corrected chi connectivity index (χ4v) is 2.75. The molecule has 0 aromatic carbocycles. The van der Waals surface area contributed by atoms with Gasteiger partial charge in [0.25, 0.3) is 0 Å². The van der Waals surface area contributed by atoms with Gasteiger partial charge in [0, 0.05) is 24.3 Å². The first-order chi connectivity index (χ1) is 8.86. The van der Waals surface area contributed by atoms with Crippen LogP contribution in [0.15, 0.2) is 0 Å². The quantitative estimate of drug-likeness (QED) is 0.798. The highest BCUT2D eigenvalue weighted by molar-refractivity contribution is 5.28.